The van der Waals surface area contributed by atoms with Gasteiger partial charge in [0.2, 0.25) is 5.91 Å². The summed E-state index contributed by atoms with van der Waals surface area (Å²) in [5.74, 6) is -0.502. The van der Waals surface area contributed by atoms with Crippen LogP contribution in [0.5, 0.6) is 0 Å². The van der Waals surface area contributed by atoms with Crippen LogP contribution in [0.2, 0.25) is 0 Å². The average molecular weight is 242 g/mol. The van der Waals surface area contributed by atoms with Crippen LogP contribution in [0, 0.1) is 5.92 Å². The lowest BCUT2D eigenvalue weighted by molar-refractivity contribution is -0.143. The fraction of sp³-hybridized carbons (Fsp3) is 0.833. The van der Waals surface area contributed by atoms with E-state index in [-0.39, 0.29) is 11.9 Å². The Labute approximate surface area is 102 Å². The first-order chi connectivity index (χ1) is 7.93. The molecular weight excluding hydrogens is 220 g/mol. The van der Waals surface area contributed by atoms with Gasteiger partial charge in [0.1, 0.15) is 6.04 Å². The monoisotopic (exact) mass is 242 g/mol. The maximum atomic E-state index is 11.9. The van der Waals surface area contributed by atoms with Gasteiger partial charge in [0.25, 0.3) is 0 Å². The molecular formula is C12H22N2O3. The van der Waals surface area contributed by atoms with E-state index < -0.39 is 12.0 Å². The fourth-order valence-corrected chi connectivity index (χ4v) is 2.12. The molecule has 0 saturated carbocycles. The molecule has 0 aromatic rings. The number of carboxylic acid groups (broad SMARTS) is 1. The molecule has 1 rings (SSSR count). The van der Waals surface area contributed by atoms with Gasteiger partial charge in [0.05, 0.1) is 6.04 Å². The van der Waals surface area contributed by atoms with E-state index in [1.807, 2.05) is 13.8 Å². The lowest BCUT2D eigenvalue weighted by atomic mass is 10.1. The number of rotatable bonds is 5. The molecule has 1 saturated heterocycles. The third kappa shape index (κ3) is 3.70. The highest BCUT2D eigenvalue weighted by Crippen LogP contribution is 2.20. The van der Waals surface area contributed by atoms with Gasteiger partial charge in [0.15, 0.2) is 0 Å². The summed E-state index contributed by atoms with van der Waals surface area (Å²) in [5.41, 5.74) is 0. The number of nitrogens with one attached hydrogen (secondary N) is 1. The molecule has 1 heterocycles. The minimum atomic E-state index is -0.828. The fourth-order valence-electron chi connectivity index (χ4n) is 2.12. The Morgan fingerprint density at radius 1 is 1.41 bits per heavy atom. The topological polar surface area (TPSA) is 69.6 Å². The first-order valence-electron chi connectivity index (χ1n) is 6.19. The van der Waals surface area contributed by atoms with Crippen LogP contribution in [0.15, 0.2) is 0 Å². The van der Waals surface area contributed by atoms with Crippen LogP contribution < -0.4 is 5.32 Å². The Hall–Kier alpha value is -1.10. The first kappa shape index (κ1) is 14.0. The van der Waals surface area contributed by atoms with Crippen molar-refractivity contribution in [2.24, 2.45) is 5.92 Å². The number of aliphatic carboxylic acids is 1. The summed E-state index contributed by atoms with van der Waals surface area (Å²) in [4.78, 5) is 24.7. The van der Waals surface area contributed by atoms with E-state index in [2.05, 4.69) is 5.32 Å². The number of amides is 1. The molecule has 0 bridgehead atoms. The maximum Gasteiger partial charge on any atom is 0.320 e. The zero-order valence-electron chi connectivity index (χ0n) is 10.8. The van der Waals surface area contributed by atoms with Crippen molar-refractivity contribution in [2.75, 3.05) is 13.1 Å². The van der Waals surface area contributed by atoms with Gasteiger partial charge in [-0.25, -0.2) is 0 Å². The molecule has 1 fully saturated rings. The van der Waals surface area contributed by atoms with Crippen LogP contribution in [-0.2, 0) is 9.59 Å². The van der Waals surface area contributed by atoms with Gasteiger partial charge < -0.3 is 10.4 Å². The highest BCUT2D eigenvalue weighted by Gasteiger charge is 2.36. The van der Waals surface area contributed by atoms with Gasteiger partial charge in [0, 0.05) is 6.54 Å². The number of nitrogens with zero attached hydrogens (tertiary/aromatic N) is 1. The second-order valence-corrected chi connectivity index (χ2v) is 5.05. The summed E-state index contributed by atoms with van der Waals surface area (Å²) < 4.78 is 0. The molecule has 0 aromatic heterocycles. The van der Waals surface area contributed by atoms with Gasteiger partial charge in [-0.1, -0.05) is 13.8 Å². The number of carboxylic acids is 1. The number of hydrogen-bond acceptors (Lipinski definition) is 3. The molecule has 5 nitrogen and oxygen atoms in total. The van der Waals surface area contributed by atoms with Gasteiger partial charge in [-0.2, -0.15) is 0 Å². The second kappa shape index (κ2) is 6.00. The molecule has 2 unspecified atom stereocenters. The van der Waals surface area contributed by atoms with Crippen molar-refractivity contribution < 1.29 is 14.7 Å². The summed E-state index contributed by atoms with van der Waals surface area (Å²) in [7, 11) is 0. The van der Waals surface area contributed by atoms with Crippen LogP contribution in [0.4, 0.5) is 0 Å². The van der Waals surface area contributed by atoms with Gasteiger partial charge >= 0.3 is 5.97 Å². The lowest BCUT2D eigenvalue weighted by Gasteiger charge is -2.27. The number of hydrogen-bond donors (Lipinski definition) is 2. The van der Waals surface area contributed by atoms with E-state index in [1.165, 1.54) is 0 Å². The molecule has 1 amide bonds. The Kier molecular flexibility index (Phi) is 4.93. The van der Waals surface area contributed by atoms with E-state index in [9.17, 15) is 9.59 Å². The first-order valence-corrected chi connectivity index (χ1v) is 6.19. The smallest absolute Gasteiger partial charge is 0.320 e. The van der Waals surface area contributed by atoms with Crippen LogP contribution in [0.1, 0.15) is 33.6 Å². The largest absolute Gasteiger partial charge is 0.480 e. The van der Waals surface area contributed by atoms with Crippen molar-refractivity contribution in [3.05, 3.63) is 0 Å². The third-order valence-electron chi connectivity index (χ3n) is 3.14. The van der Waals surface area contributed by atoms with Crippen LogP contribution in [-0.4, -0.2) is 47.1 Å². The quantitative estimate of drug-likeness (QED) is 0.744. The van der Waals surface area contributed by atoms with Crippen molar-refractivity contribution in [2.45, 2.75) is 45.7 Å². The highest BCUT2D eigenvalue weighted by molar-refractivity contribution is 5.82. The van der Waals surface area contributed by atoms with Gasteiger partial charge in [-0.15, -0.1) is 0 Å². The standard InChI is InChI=1S/C12H22N2O3/c1-8(2)7-13-11(15)9(3)14-6-4-5-10(14)12(16)17/h8-10H,4-7H2,1-3H3,(H,13,15)(H,16,17). The summed E-state index contributed by atoms with van der Waals surface area (Å²) in [6, 6.07) is -0.868. The SMILES string of the molecule is CC(C)CNC(=O)C(C)N1CCCC1C(=O)O. The highest BCUT2D eigenvalue weighted by atomic mass is 16.4. The van der Waals surface area contributed by atoms with Crippen molar-refractivity contribution in [1.82, 2.24) is 10.2 Å². The zero-order chi connectivity index (χ0) is 13.0. The second-order valence-electron chi connectivity index (χ2n) is 5.05. The van der Waals surface area contributed by atoms with Gasteiger partial charge in [-0.05, 0) is 32.2 Å². The summed E-state index contributed by atoms with van der Waals surface area (Å²) in [5, 5.41) is 11.9. The molecule has 5 heteroatoms. The van der Waals surface area contributed by atoms with Crippen LogP contribution in [0.25, 0.3) is 0 Å². The Bertz CT molecular complexity index is 291. The van der Waals surface area contributed by atoms with Crippen molar-refractivity contribution in [1.29, 1.82) is 0 Å². The molecule has 17 heavy (non-hydrogen) atoms. The predicted molar refractivity (Wildman–Crippen MR) is 64.7 cm³/mol. The molecule has 0 radical (unpaired) electrons. The van der Waals surface area contributed by atoms with Crippen molar-refractivity contribution >= 4 is 11.9 Å². The minimum Gasteiger partial charge on any atom is -0.480 e. The number of likely N-dealkylation sites (tertiary alicyclic amines) is 1. The van der Waals surface area contributed by atoms with Gasteiger partial charge in [-0.3, -0.25) is 14.5 Å². The Morgan fingerprint density at radius 2 is 2.06 bits per heavy atom. The zero-order valence-corrected chi connectivity index (χ0v) is 10.8. The molecule has 0 aliphatic carbocycles. The third-order valence-corrected chi connectivity index (χ3v) is 3.14. The molecule has 1 aliphatic rings. The van der Waals surface area contributed by atoms with E-state index in [0.29, 0.717) is 25.4 Å². The summed E-state index contributed by atoms with van der Waals surface area (Å²) in [6.45, 7) is 7.15. The number of carbonyl (C=O) groups excluding carboxylic acids is 1. The van der Waals surface area contributed by atoms with Crippen molar-refractivity contribution in [3.63, 3.8) is 0 Å². The van der Waals surface area contributed by atoms with E-state index >= 15 is 0 Å². The lowest BCUT2D eigenvalue weighted by Crippen LogP contribution is -2.50. The molecule has 98 valence electrons. The number of carbonyl (C=O) groups is 2. The Balaban J connectivity index is 2.53. The van der Waals surface area contributed by atoms with Crippen LogP contribution >= 0.6 is 0 Å². The Morgan fingerprint density at radius 3 is 2.59 bits per heavy atom. The molecule has 2 atom stereocenters. The van der Waals surface area contributed by atoms with Crippen molar-refractivity contribution in [3.8, 4) is 0 Å². The predicted octanol–water partition coefficient (Wildman–Crippen LogP) is 0.696. The van der Waals surface area contributed by atoms with E-state index in [4.69, 9.17) is 5.11 Å². The summed E-state index contributed by atoms with van der Waals surface area (Å²) in [6.07, 6.45) is 1.48. The van der Waals surface area contributed by atoms with E-state index in [0.717, 1.165) is 6.42 Å². The molecule has 1 aliphatic heterocycles. The minimum absolute atomic E-state index is 0.0770. The van der Waals surface area contributed by atoms with E-state index in [1.54, 1.807) is 11.8 Å². The molecule has 2 N–H and O–H groups in total. The molecule has 0 spiro atoms. The average Bonchev–Trinajstić information content (AvgIpc) is 2.73. The summed E-state index contributed by atoms with van der Waals surface area (Å²) >= 11 is 0. The normalized spacial score (nSPS) is 22.7. The maximum absolute atomic E-state index is 11.9. The van der Waals surface area contributed by atoms with Crippen LogP contribution in [0.3, 0.4) is 0 Å². The molecule has 0 aromatic carbocycles.